The highest BCUT2D eigenvalue weighted by Crippen LogP contribution is 2.25. The molecule has 0 aliphatic carbocycles. The number of hydrogen-bond donors (Lipinski definition) is 2. The summed E-state index contributed by atoms with van der Waals surface area (Å²) in [5, 5.41) is 3.37. The number of furan rings is 1. The second kappa shape index (κ2) is 9.32. The zero-order valence-corrected chi connectivity index (χ0v) is 17.3. The van der Waals surface area contributed by atoms with Crippen LogP contribution in [0.1, 0.15) is 28.8 Å². The van der Waals surface area contributed by atoms with Crippen molar-refractivity contribution in [3.8, 4) is 0 Å². The summed E-state index contributed by atoms with van der Waals surface area (Å²) in [4.78, 5) is 20.7. The summed E-state index contributed by atoms with van der Waals surface area (Å²) in [6, 6.07) is 14.2. The summed E-state index contributed by atoms with van der Waals surface area (Å²) in [6.07, 6.45) is 0.163. The van der Waals surface area contributed by atoms with Gasteiger partial charge in [-0.3, -0.25) is 9.69 Å². The lowest BCUT2D eigenvalue weighted by molar-refractivity contribution is -0.0502. The summed E-state index contributed by atoms with van der Waals surface area (Å²) >= 11 is 0. The van der Waals surface area contributed by atoms with Crippen molar-refractivity contribution in [2.75, 3.05) is 32.8 Å². The van der Waals surface area contributed by atoms with Crippen LogP contribution in [0.5, 0.6) is 0 Å². The predicted octanol–water partition coefficient (Wildman–Crippen LogP) is 1.43. The van der Waals surface area contributed by atoms with Crippen molar-refractivity contribution < 1.29 is 13.9 Å². The maximum Gasteiger partial charge on any atom is 0.284 e. The topological polar surface area (TPSA) is 96.3 Å². The number of nitrogens with two attached hydrogens (primary N) is 1. The molecule has 1 amide bonds. The molecule has 0 bridgehead atoms. The van der Waals surface area contributed by atoms with Gasteiger partial charge in [-0.1, -0.05) is 30.3 Å². The molecule has 160 valence electrons. The van der Waals surface area contributed by atoms with Crippen LogP contribution >= 0.6 is 0 Å². The molecule has 4 rings (SSSR count). The summed E-state index contributed by atoms with van der Waals surface area (Å²) in [5.41, 5.74) is 6.58. The molecule has 30 heavy (non-hydrogen) atoms. The Labute approximate surface area is 176 Å². The number of hydrogen-bond acceptors (Lipinski definition) is 5. The predicted molar refractivity (Wildman–Crippen MR) is 114 cm³/mol. The summed E-state index contributed by atoms with van der Waals surface area (Å²) < 4.78 is 11.5. The second-order valence-corrected chi connectivity index (χ2v) is 7.64. The van der Waals surface area contributed by atoms with Crippen LogP contribution < -0.4 is 11.1 Å². The highest BCUT2D eigenvalue weighted by molar-refractivity contribution is 5.89. The van der Waals surface area contributed by atoms with Crippen LogP contribution in [0.3, 0.4) is 0 Å². The fraction of sp³-hybridized carbons (Fsp3) is 0.455. The molecule has 2 aliphatic heterocycles. The number of primary amides is 1. The van der Waals surface area contributed by atoms with Gasteiger partial charge >= 0.3 is 0 Å². The van der Waals surface area contributed by atoms with E-state index in [9.17, 15) is 4.79 Å². The van der Waals surface area contributed by atoms with Crippen molar-refractivity contribution in [1.29, 1.82) is 0 Å². The van der Waals surface area contributed by atoms with E-state index < -0.39 is 5.91 Å². The van der Waals surface area contributed by atoms with E-state index in [1.54, 1.807) is 12.1 Å². The highest BCUT2D eigenvalue weighted by atomic mass is 16.5. The zero-order chi connectivity index (χ0) is 20.9. The van der Waals surface area contributed by atoms with Crippen LogP contribution in [0.4, 0.5) is 0 Å². The number of carbonyl (C=O) groups excluding carboxylic acids is 1. The lowest BCUT2D eigenvalue weighted by atomic mass is 10.1. The SMILES string of the molecule is CCNC(=NCc1ccc(C(N)=O)o1)N1CC2OCCN(Cc3ccccc3)C2C1. The van der Waals surface area contributed by atoms with Crippen molar-refractivity contribution in [1.82, 2.24) is 15.1 Å². The average molecular weight is 412 g/mol. The fourth-order valence-corrected chi connectivity index (χ4v) is 4.12. The normalized spacial score (nSPS) is 22.2. The minimum absolute atomic E-state index is 0.155. The summed E-state index contributed by atoms with van der Waals surface area (Å²) in [7, 11) is 0. The molecular weight excluding hydrogens is 382 g/mol. The Morgan fingerprint density at radius 2 is 2.07 bits per heavy atom. The van der Waals surface area contributed by atoms with Crippen molar-refractivity contribution in [2.24, 2.45) is 10.7 Å². The van der Waals surface area contributed by atoms with E-state index in [1.165, 1.54) is 5.56 Å². The minimum Gasteiger partial charge on any atom is -0.454 e. The summed E-state index contributed by atoms with van der Waals surface area (Å²) in [6.45, 7) is 7.42. The van der Waals surface area contributed by atoms with Crippen molar-refractivity contribution in [3.05, 3.63) is 59.5 Å². The van der Waals surface area contributed by atoms with Gasteiger partial charge in [-0.05, 0) is 24.6 Å². The van der Waals surface area contributed by atoms with Crippen molar-refractivity contribution in [2.45, 2.75) is 32.2 Å². The van der Waals surface area contributed by atoms with Crippen LogP contribution in [-0.4, -0.2) is 66.6 Å². The van der Waals surface area contributed by atoms with E-state index >= 15 is 0 Å². The van der Waals surface area contributed by atoms with E-state index in [1.807, 2.05) is 6.07 Å². The van der Waals surface area contributed by atoms with E-state index in [2.05, 4.69) is 46.3 Å². The first-order valence-electron chi connectivity index (χ1n) is 10.5. The van der Waals surface area contributed by atoms with Gasteiger partial charge < -0.3 is 25.1 Å². The van der Waals surface area contributed by atoms with Crippen LogP contribution in [0.25, 0.3) is 0 Å². The number of nitrogens with zero attached hydrogens (tertiary/aromatic N) is 3. The monoisotopic (exact) mass is 411 g/mol. The van der Waals surface area contributed by atoms with Crippen LogP contribution in [0.15, 0.2) is 51.9 Å². The van der Waals surface area contributed by atoms with Gasteiger partial charge in [0.25, 0.3) is 5.91 Å². The molecule has 2 fully saturated rings. The summed E-state index contributed by atoms with van der Waals surface area (Å²) in [5.74, 6) is 1.02. The molecule has 0 radical (unpaired) electrons. The third-order valence-electron chi connectivity index (χ3n) is 5.57. The van der Waals surface area contributed by atoms with E-state index in [0.29, 0.717) is 18.3 Å². The number of fused-ring (bicyclic) bond motifs is 1. The number of nitrogens with one attached hydrogen (secondary N) is 1. The fourth-order valence-electron chi connectivity index (χ4n) is 4.12. The lowest BCUT2D eigenvalue weighted by Crippen LogP contribution is -2.50. The van der Waals surface area contributed by atoms with Gasteiger partial charge in [0.2, 0.25) is 0 Å². The van der Waals surface area contributed by atoms with Gasteiger partial charge in [-0.25, -0.2) is 4.99 Å². The van der Waals surface area contributed by atoms with E-state index in [-0.39, 0.29) is 11.9 Å². The Morgan fingerprint density at radius 1 is 1.23 bits per heavy atom. The molecule has 2 unspecified atom stereocenters. The Balaban J connectivity index is 1.44. The highest BCUT2D eigenvalue weighted by Gasteiger charge is 2.41. The molecule has 1 aromatic heterocycles. The molecule has 3 N–H and O–H groups in total. The van der Waals surface area contributed by atoms with Crippen LogP contribution in [-0.2, 0) is 17.8 Å². The Bertz CT molecular complexity index is 882. The third-order valence-corrected chi connectivity index (χ3v) is 5.57. The molecule has 3 heterocycles. The first-order chi connectivity index (χ1) is 14.6. The number of ether oxygens (including phenoxy) is 1. The molecule has 2 aromatic rings. The molecule has 0 saturated carbocycles. The Morgan fingerprint density at radius 3 is 2.80 bits per heavy atom. The molecule has 1 aromatic carbocycles. The smallest absolute Gasteiger partial charge is 0.284 e. The number of amides is 1. The molecular formula is C22H29N5O3. The van der Waals surface area contributed by atoms with Gasteiger partial charge in [0, 0.05) is 32.7 Å². The first kappa shape index (κ1) is 20.4. The number of aliphatic imine (C=N–C) groups is 1. The Hall–Kier alpha value is -2.84. The van der Waals surface area contributed by atoms with E-state index in [4.69, 9.17) is 19.9 Å². The van der Waals surface area contributed by atoms with Gasteiger partial charge in [-0.2, -0.15) is 0 Å². The van der Waals surface area contributed by atoms with E-state index in [0.717, 1.165) is 45.3 Å². The van der Waals surface area contributed by atoms with Crippen LogP contribution in [0, 0.1) is 0 Å². The minimum atomic E-state index is -0.573. The quantitative estimate of drug-likeness (QED) is 0.551. The molecule has 8 heteroatoms. The molecule has 8 nitrogen and oxygen atoms in total. The number of guanidine groups is 1. The largest absolute Gasteiger partial charge is 0.454 e. The molecule has 2 aliphatic rings. The third kappa shape index (κ3) is 4.66. The Kier molecular flexibility index (Phi) is 6.35. The lowest BCUT2D eigenvalue weighted by Gasteiger charge is -2.36. The maximum atomic E-state index is 11.2. The zero-order valence-electron chi connectivity index (χ0n) is 17.3. The average Bonchev–Trinajstić information content (AvgIpc) is 3.40. The standard InChI is InChI=1S/C22H29N5O3/c1-2-24-22(25-12-17-8-9-19(30-17)21(23)28)27-14-18-20(15-27)29-11-10-26(18)13-16-6-4-3-5-7-16/h3-9,18,20H,2,10-15H2,1H3,(H2,23,28)(H,24,25). The van der Waals surface area contributed by atoms with Gasteiger partial charge in [-0.15, -0.1) is 0 Å². The second-order valence-electron chi connectivity index (χ2n) is 7.64. The molecule has 2 saturated heterocycles. The molecule has 2 atom stereocenters. The number of benzene rings is 1. The van der Waals surface area contributed by atoms with Crippen molar-refractivity contribution in [3.63, 3.8) is 0 Å². The molecule has 0 spiro atoms. The van der Waals surface area contributed by atoms with Crippen molar-refractivity contribution >= 4 is 11.9 Å². The number of morpholine rings is 1. The number of rotatable bonds is 6. The maximum absolute atomic E-state index is 11.2. The van der Waals surface area contributed by atoms with Gasteiger partial charge in [0.15, 0.2) is 11.7 Å². The van der Waals surface area contributed by atoms with Gasteiger partial charge in [0.1, 0.15) is 12.3 Å². The van der Waals surface area contributed by atoms with Crippen LogP contribution in [0.2, 0.25) is 0 Å². The number of likely N-dealkylation sites (tertiary alicyclic amines) is 1. The van der Waals surface area contributed by atoms with Gasteiger partial charge in [0.05, 0.1) is 18.8 Å². The number of carbonyl (C=O) groups is 1. The first-order valence-corrected chi connectivity index (χ1v) is 10.5.